The fraction of sp³-hybridized carbons (Fsp3) is 0.333. The van der Waals surface area contributed by atoms with E-state index in [1.807, 2.05) is 0 Å². The molecule has 0 unspecified atom stereocenters. The van der Waals surface area contributed by atoms with Crippen molar-refractivity contribution in [3.63, 3.8) is 0 Å². The van der Waals surface area contributed by atoms with E-state index in [2.05, 4.69) is 9.44 Å². The van der Waals surface area contributed by atoms with Gasteiger partial charge < -0.3 is 4.74 Å². The Balaban J connectivity index is 2.34. The largest absolute Gasteiger partial charge is 0.383 e. The minimum atomic E-state index is -3.71. The van der Waals surface area contributed by atoms with E-state index in [0.717, 1.165) is 0 Å². The lowest BCUT2D eigenvalue weighted by Gasteiger charge is -2.06. The van der Waals surface area contributed by atoms with Crippen molar-refractivity contribution in [3.8, 4) is 0 Å². The van der Waals surface area contributed by atoms with Crippen LogP contribution in [0.2, 0.25) is 0 Å². The summed E-state index contributed by atoms with van der Waals surface area (Å²) in [6.45, 7) is 0.367. The number of hydrogen-bond acceptors (Lipinski definition) is 6. The van der Waals surface area contributed by atoms with Crippen LogP contribution in [0.5, 0.6) is 0 Å². The summed E-state index contributed by atoms with van der Waals surface area (Å²) >= 11 is 0.714. The molecule has 0 bridgehead atoms. The van der Waals surface area contributed by atoms with Crippen LogP contribution < -0.4 is 9.44 Å². The first-order valence-electron chi connectivity index (χ1n) is 5.18. The van der Waals surface area contributed by atoms with Crippen LogP contribution in [0, 0.1) is 0 Å². The fourth-order valence-electron chi connectivity index (χ4n) is 1.44. The second-order valence-electron chi connectivity index (χ2n) is 3.65. The van der Waals surface area contributed by atoms with Crippen LogP contribution in [0.4, 0.5) is 0 Å². The maximum absolute atomic E-state index is 11.9. The molecule has 1 aliphatic rings. The number of methoxy groups -OCH3 is 1. The molecule has 0 spiro atoms. The van der Waals surface area contributed by atoms with Gasteiger partial charge in [-0.2, -0.15) is 0 Å². The normalized spacial score (nSPS) is 16.9. The molecule has 2 rings (SSSR count). The summed E-state index contributed by atoms with van der Waals surface area (Å²) in [6.07, 6.45) is 2.78. The van der Waals surface area contributed by atoms with Gasteiger partial charge in [0, 0.05) is 25.4 Å². The molecular formula is C9H12N2O5S3. The second kappa shape index (κ2) is 5.21. The van der Waals surface area contributed by atoms with E-state index in [1.165, 1.54) is 25.5 Å². The molecule has 2 N–H and O–H groups in total. The summed E-state index contributed by atoms with van der Waals surface area (Å²) in [4.78, 5) is 0. The first-order valence-corrected chi connectivity index (χ1v) is 8.96. The van der Waals surface area contributed by atoms with Crippen LogP contribution in [0.25, 0.3) is 6.08 Å². The van der Waals surface area contributed by atoms with E-state index < -0.39 is 20.0 Å². The number of ether oxygens (including phenoxy) is 1. The summed E-state index contributed by atoms with van der Waals surface area (Å²) in [5.74, 6) is 0. The topological polar surface area (TPSA) is 102 Å². The minimum Gasteiger partial charge on any atom is -0.383 e. The van der Waals surface area contributed by atoms with Gasteiger partial charge in [-0.1, -0.05) is 0 Å². The number of rotatable bonds is 5. The average molecular weight is 324 g/mol. The molecule has 0 radical (unpaired) electrons. The summed E-state index contributed by atoms with van der Waals surface area (Å²) in [7, 11) is -5.90. The SMILES string of the molecule is COCCNS(=O)(=O)c1cc2c(s1)S(=O)(=O)NC=C2. The molecule has 0 atom stereocenters. The van der Waals surface area contributed by atoms with Crippen molar-refractivity contribution in [1.82, 2.24) is 9.44 Å². The van der Waals surface area contributed by atoms with Gasteiger partial charge in [-0.25, -0.2) is 21.6 Å². The maximum atomic E-state index is 11.9. The summed E-state index contributed by atoms with van der Waals surface area (Å²) in [5.41, 5.74) is 0.371. The lowest BCUT2D eigenvalue weighted by molar-refractivity contribution is 0.204. The zero-order chi connectivity index (χ0) is 14.1. The van der Waals surface area contributed by atoms with E-state index >= 15 is 0 Å². The monoisotopic (exact) mass is 324 g/mol. The zero-order valence-electron chi connectivity index (χ0n) is 9.91. The van der Waals surface area contributed by atoms with Gasteiger partial charge in [-0.3, -0.25) is 4.72 Å². The molecule has 0 aliphatic carbocycles. The third kappa shape index (κ3) is 2.98. The van der Waals surface area contributed by atoms with E-state index in [-0.39, 0.29) is 21.6 Å². The van der Waals surface area contributed by atoms with E-state index in [9.17, 15) is 16.8 Å². The molecule has 1 aromatic rings. The third-order valence-electron chi connectivity index (χ3n) is 2.30. The Morgan fingerprint density at radius 3 is 2.84 bits per heavy atom. The zero-order valence-corrected chi connectivity index (χ0v) is 12.4. The van der Waals surface area contributed by atoms with Gasteiger partial charge >= 0.3 is 0 Å². The first-order chi connectivity index (χ1) is 8.87. The van der Waals surface area contributed by atoms with Crippen LogP contribution in [-0.2, 0) is 24.8 Å². The highest BCUT2D eigenvalue weighted by Gasteiger charge is 2.27. The molecule has 2 heterocycles. The van der Waals surface area contributed by atoms with E-state index in [0.29, 0.717) is 16.9 Å². The van der Waals surface area contributed by atoms with Crippen LogP contribution in [0.3, 0.4) is 0 Å². The molecule has 0 aromatic carbocycles. The van der Waals surface area contributed by atoms with Gasteiger partial charge in [0.1, 0.15) is 8.42 Å². The number of hydrogen-bond donors (Lipinski definition) is 2. The number of sulfonamides is 2. The fourth-order valence-corrected chi connectivity index (χ4v) is 5.50. The Morgan fingerprint density at radius 1 is 1.47 bits per heavy atom. The maximum Gasteiger partial charge on any atom is 0.271 e. The van der Waals surface area contributed by atoms with E-state index in [4.69, 9.17) is 4.74 Å². The van der Waals surface area contributed by atoms with Crippen molar-refractivity contribution in [3.05, 3.63) is 17.8 Å². The Morgan fingerprint density at radius 2 is 2.21 bits per heavy atom. The van der Waals surface area contributed by atoms with Crippen LogP contribution >= 0.6 is 11.3 Å². The molecule has 1 aromatic heterocycles. The predicted octanol–water partition coefficient (Wildman–Crippen LogP) is -0.0646. The van der Waals surface area contributed by atoms with Crippen LogP contribution in [0.1, 0.15) is 5.56 Å². The summed E-state index contributed by atoms with van der Waals surface area (Å²) in [5, 5.41) is 0. The molecule has 0 saturated carbocycles. The molecule has 19 heavy (non-hydrogen) atoms. The van der Waals surface area contributed by atoms with Gasteiger partial charge in [0.25, 0.3) is 10.0 Å². The first kappa shape index (κ1) is 14.5. The van der Waals surface area contributed by atoms with Crippen molar-refractivity contribution in [1.29, 1.82) is 0 Å². The molecule has 106 valence electrons. The molecule has 0 fully saturated rings. The van der Waals surface area contributed by atoms with Crippen molar-refractivity contribution >= 4 is 37.5 Å². The minimum absolute atomic E-state index is 0.00196. The number of nitrogens with one attached hydrogen (secondary N) is 2. The lowest BCUT2D eigenvalue weighted by Crippen LogP contribution is -2.26. The molecule has 10 heteroatoms. The highest BCUT2D eigenvalue weighted by atomic mass is 32.3. The molecule has 0 saturated heterocycles. The summed E-state index contributed by atoms with van der Waals surface area (Å²) in [6, 6.07) is 1.34. The van der Waals surface area contributed by atoms with Gasteiger partial charge in [0.05, 0.1) is 6.61 Å². The van der Waals surface area contributed by atoms with Crippen molar-refractivity contribution in [2.45, 2.75) is 8.42 Å². The molecule has 1 aliphatic heterocycles. The van der Waals surface area contributed by atoms with Gasteiger partial charge in [-0.05, 0) is 12.1 Å². The quantitative estimate of drug-likeness (QED) is 0.739. The van der Waals surface area contributed by atoms with Crippen molar-refractivity contribution in [2.24, 2.45) is 0 Å². The highest BCUT2D eigenvalue weighted by molar-refractivity contribution is 7.94. The summed E-state index contributed by atoms with van der Waals surface area (Å²) < 4.78 is 56.5. The van der Waals surface area contributed by atoms with Gasteiger partial charge in [0.15, 0.2) is 0 Å². The highest BCUT2D eigenvalue weighted by Crippen LogP contribution is 2.32. The smallest absolute Gasteiger partial charge is 0.271 e. The Bertz CT molecular complexity index is 702. The second-order valence-corrected chi connectivity index (χ2v) is 8.61. The Kier molecular flexibility index (Phi) is 3.97. The molecule has 7 nitrogen and oxygen atoms in total. The van der Waals surface area contributed by atoms with Gasteiger partial charge in [-0.15, -0.1) is 11.3 Å². The predicted molar refractivity (Wildman–Crippen MR) is 70.7 cm³/mol. The number of thiophene rings is 1. The van der Waals surface area contributed by atoms with Crippen molar-refractivity contribution < 1.29 is 21.6 Å². The van der Waals surface area contributed by atoms with Gasteiger partial charge in [0.2, 0.25) is 10.0 Å². The van der Waals surface area contributed by atoms with Crippen LogP contribution in [-0.4, -0.2) is 37.1 Å². The third-order valence-corrected chi connectivity index (χ3v) is 7.25. The standard InChI is InChI=1S/C9H12N2O5S3/c1-16-5-4-11-18(12,13)8-6-7-2-3-10-19(14,15)9(7)17-8/h2-3,6,10-11H,4-5H2,1H3. The van der Waals surface area contributed by atoms with Crippen LogP contribution in [0.15, 0.2) is 20.7 Å². The average Bonchev–Trinajstić information content (AvgIpc) is 2.75. The van der Waals surface area contributed by atoms with Crippen molar-refractivity contribution in [2.75, 3.05) is 20.3 Å². The molecule has 0 amide bonds. The van der Waals surface area contributed by atoms with E-state index in [1.54, 1.807) is 0 Å². The Labute approximate surface area is 115 Å². The Hall–Kier alpha value is -0.940. The number of fused-ring (bicyclic) bond motifs is 1. The lowest BCUT2D eigenvalue weighted by atomic mass is 10.3. The molecular weight excluding hydrogens is 312 g/mol.